The molecule has 0 saturated heterocycles. The lowest BCUT2D eigenvalue weighted by molar-refractivity contribution is -0.172. The lowest BCUT2D eigenvalue weighted by Gasteiger charge is -2.30. The van der Waals surface area contributed by atoms with Crippen LogP contribution in [0.1, 0.15) is 34.6 Å². The van der Waals surface area contributed by atoms with Gasteiger partial charge >= 0.3 is 11.9 Å². The van der Waals surface area contributed by atoms with E-state index in [9.17, 15) is 9.59 Å². The molecule has 3 N–H and O–H groups in total. The van der Waals surface area contributed by atoms with Gasteiger partial charge in [0, 0.05) is 5.41 Å². The topological polar surface area (TPSA) is 89.6 Å². The summed E-state index contributed by atoms with van der Waals surface area (Å²) < 4.78 is 5.07. The predicted octanol–water partition coefficient (Wildman–Crippen LogP) is 1.01. The minimum atomic E-state index is -1.24. The van der Waals surface area contributed by atoms with E-state index in [1.54, 1.807) is 34.6 Å². The van der Waals surface area contributed by atoms with Crippen molar-refractivity contribution < 1.29 is 19.4 Å². The van der Waals surface area contributed by atoms with Gasteiger partial charge in [-0.3, -0.25) is 9.59 Å². The van der Waals surface area contributed by atoms with Crippen LogP contribution >= 0.6 is 0 Å². The summed E-state index contributed by atoms with van der Waals surface area (Å²) in [6.45, 7) is 8.45. The van der Waals surface area contributed by atoms with Gasteiger partial charge in [0.15, 0.2) is 5.92 Å². The summed E-state index contributed by atoms with van der Waals surface area (Å²) in [5, 5.41) is 9.05. The molecule has 0 aliphatic carbocycles. The van der Waals surface area contributed by atoms with E-state index < -0.39 is 28.9 Å². The average molecular weight is 231 g/mol. The third-order valence-corrected chi connectivity index (χ3v) is 2.20. The molecular formula is C11H21NO4. The van der Waals surface area contributed by atoms with Crippen LogP contribution in [0.2, 0.25) is 0 Å². The molecule has 94 valence electrons. The number of rotatable bonds is 4. The molecule has 0 bridgehead atoms. The van der Waals surface area contributed by atoms with Crippen LogP contribution in [0.4, 0.5) is 0 Å². The maximum atomic E-state index is 11.7. The molecular weight excluding hydrogens is 210 g/mol. The van der Waals surface area contributed by atoms with Gasteiger partial charge in [-0.2, -0.15) is 0 Å². The molecule has 1 atom stereocenters. The Kier molecular flexibility index (Phi) is 4.49. The van der Waals surface area contributed by atoms with Crippen LogP contribution in [0.3, 0.4) is 0 Å². The van der Waals surface area contributed by atoms with Crippen molar-refractivity contribution in [2.45, 2.75) is 40.2 Å². The third-order valence-electron chi connectivity index (χ3n) is 2.20. The normalized spacial score (nSPS) is 14.4. The molecule has 0 rings (SSSR count). The Hall–Kier alpha value is -1.10. The molecule has 0 radical (unpaired) electrons. The fourth-order valence-electron chi connectivity index (χ4n) is 1.23. The Morgan fingerprint density at radius 3 is 1.94 bits per heavy atom. The van der Waals surface area contributed by atoms with Crippen molar-refractivity contribution in [1.82, 2.24) is 0 Å². The van der Waals surface area contributed by atoms with Gasteiger partial charge in [-0.25, -0.2) is 0 Å². The SMILES string of the molecule is CC(C)(C)OC(=O)[C@H](C(=O)O)C(C)(C)CN. The molecule has 0 aromatic rings. The summed E-state index contributed by atoms with van der Waals surface area (Å²) in [5.41, 5.74) is 3.95. The molecule has 0 aliphatic rings. The van der Waals surface area contributed by atoms with Crippen LogP contribution < -0.4 is 5.73 Å². The number of hydrogen-bond acceptors (Lipinski definition) is 4. The summed E-state index contributed by atoms with van der Waals surface area (Å²) >= 11 is 0. The number of carboxylic acid groups (broad SMARTS) is 1. The quantitative estimate of drug-likeness (QED) is 0.556. The van der Waals surface area contributed by atoms with E-state index in [-0.39, 0.29) is 6.54 Å². The van der Waals surface area contributed by atoms with Crippen molar-refractivity contribution in [1.29, 1.82) is 0 Å². The van der Waals surface area contributed by atoms with Gasteiger partial charge in [0.05, 0.1) is 0 Å². The van der Waals surface area contributed by atoms with Crippen molar-refractivity contribution in [3.63, 3.8) is 0 Å². The highest BCUT2D eigenvalue weighted by atomic mass is 16.6. The van der Waals surface area contributed by atoms with E-state index >= 15 is 0 Å². The van der Waals surface area contributed by atoms with Gasteiger partial charge < -0.3 is 15.6 Å². The van der Waals surface area contributed by atoms with Gasteiger partial charge in [-0.05, 0) is 27.3 Å². The fraction of sp³-hybridized carbons (Fsp3) is 0.818. The van der Waals surface area contributed by atoms with Gasteiger partial charge in [0.25, 0.3) is 0 Å². The number of hydrogen-bond donors (Lipinski definition) is 2. The van der Waals surface area contributed by atoms with E-state index in [0.717, 1.165) is 0 Å². The first-order valence-corrected chi connectivity index (χ1v) is 5.17. The van der Waals surface area contributed by atoms with Crippen molar-refractivity contribution in [3.05, 3.63) is 0 Å². The molecule has 0 saturated carbocycles. The van der Waals surface area contributed by atoms with E-state index in [0.29, 0.717) is 0 Å². The van der Waals surface area contributed by atoms with Crippen LogP contribution in [0.25, 0.3) is 0 Å². The molecule has 0 amide bonds. The maximum Gasteiger partial charge on any atom is 0.321 e. The highest BCUT2D eigenvalue weighted by Gasteiger charge is 2.42. The lowest BCUT2D eigenvalue weighted by atomic mass is 9.79. The first kappa shape index (κ1) is 14.9. The molecule has 5 nitrogen and oxygen atoms in total. The number of carbonyl (C=O) groups excluding carboxylic acids is 1. The summed E-state index contributed by atoms with van der Waals surface area (Å²) in [5.74, 6) is -3.18. The van der Waals surface area contributed by atoms with Crippen LogP contribution in [0.5, 0.6) is 0 Å². The first-order valence-electron chi connectivity index (χ1n) is 5.17. The Bertz CT molecular complexity index is 278. The minimum absolute atomic E-state index is 0.100. The molecule has 16 heavy (non-hydrogen) atoms. The van der Waals surface area contributed by atoms with Gasteiger partial charge in [0.2, 0.25) is 0 Å². The van der Waals surface area contributed by atoms with E-state index in [2.05, 4.69) is 0 Å². The molecule has 0 heterocycles. The minimum Gasteiger partial charge on any atom is -0.481 e. The standard InChI is InChI=1S/C11H21NO4/c1-10(2,3)16-9(15)7(8(13)14)11(4,5)6-12/h7H,6,12H2,1-5H3,(H,13,14)/t7-/m0/s1. The molecule has 0 aromatic carbocycles. The number of carbonyl (C=O) groups is 2. The molecule has 0 fully saturated rings. The van der Waals surface area contributed by atoms with Crippen molar-refractivity contribution >= 4 is 11.9 Å². The molecule has 5 heteroatoms. The molecule has 0 spiro atoms. The molecule has 0 aliphatic heterocycles. The highest BCUT2D eigenvalue weighted by Crippen LogP contribution is 2.28. The van der Waals surface area contributed by atoms with Crippen molar-refractivity contribution in [3.8, 4) is 0 Å². The molecule has 0 unspecified atom stereocenters. The Labute approximate surface area is 96.0 Å². The van der Waals surface area contributed by atoms with Crippen molar-refractivity contribution in [2.75, 3.05) is 6.54 Å². The third kappa shape index (κ3) is 4.18. The highest BCUT2D eigenvalue weighted by molar-refractivity contribution is 5.95. The number of esters is 1. The first-order chi connectivity index (χ1) is 7.01. The Morgan fingerprint density at radius 1 is 1.25 bits per heavy atom. The summed E-state index contributed by atoms with van der Waals surface area (Å²) in [6.07, 6.45) is 0. The fourth-order valence-corrected chi connectivity index (χ4v) is 1.23. The van der Waals surface area contributed by atoms with Crippen LogP contribution in [-0.2, 0) is 14.3 Å². The van der Waals surface area contributed by atoms with Crippen molar-refractivity contribution in [2.24, 2.45) is 17.1 Å². The van der Waals surface area contributed by atoms with Gasteiger partial charge in [0.1, 0.15) is 5.60 Å². The number of nitrogens with two attached hydrogens (primary N) is 1. The molecule has 0 aromatic heterocycles. The maximum absolute atomic E-state index is 11.7. The van der Waals surface area contributed by atoms with Gasteiger partial charge in [-0.15, -0.1) is 0 Å². The average Bonchev–Trinajstić information content (AvgIpc) is 1.98. The summed E-state index contributed by atoms with van der Waals surface area (Å²) in [4.78, 5) is 22.8. The lowest BCUT2D eigenvalue weighted by Crippen LogP contribution is -2.44. The van der Waals surface area contributed by atoms with E-state index in [1.807, 2.05) is 0 Å². The van der Waals surface area contributed by atoms with Gasteiger partial charge in [-0.1, -0.05) is 13.8 Å². The second-order valence-corrected chi connectivity index (χ2v) is 5.50. The Balaban J connectivity index is 4.96. The van der Waals surface area contributed by atoms with Crippen LogP contribution in [0, 0.1) is 11.3 Å². The largest absolute Gasteiger partial charge is 0.481 e. The summed E-state index contributed by atoms with van der Waals surface area (Å²) in [6, 6.07) is 0. The smallest absolute Gasteiger partial charge is 0.321 e. The van der Waals surface area contributed by atoms with Crippen LogP contribution in [-0.4, -0.2) is 29.2 Å². The van der Waals surface area contributed by atoms with E-state index in [4.69, 9.17) is 15.6 Å². The predicted molar refractivity (Wildman–Crippen MR) is 59.8 cm³/mol. The zero-order chi connectivity index (χ0) is 13.1. The van der Waals surface area contributed by atoms with E-state index in [1.165, 1.54) is 0 Å². The zero-order valence-corrected chi connectivity index (χ0v) is 10.5. The number of carboxylic acids is 1. The second kappa shape index (κ2) is 4.82. The Morgan fingerprint density at radius 2 is 1.69 bits per heavy atom. The zero-order valence-electron chi connectivity index (χ0n) is 10.5. The monoisotopic (exact) mass is 231 g/mol. The summed E-state index contributed by atoms with van der Waals surface area (Å²) in [7, 11) is 0. The number of aliphatic carboxylic acids is 1. The second-order valence-electron chi connectivity index (χ2n) is 5.50. The van der Waals surface area contributed by atoms with Crippen LogP contribution in [0.15, 0.2) is 0 Å². The number of ether oxygens (including phenoxy) is 1.